The molecule has 7 aromatic carbocycles. The highest BCUT2D eigenvalue weighted by Gasteiger charge is 2.20. The molecule has 0 unspecified atom stereocenters. The van der Waals surface area contributed by atoms with Crippen LogP contribution in [0, 0.1) is 0 Å². The molecule has 0 aliphatic heterocycles. The third-order valence-electron chi connectivity index (χ3n) is 9.64. The number of rotatable bonds is 5. The lowest BCUT2D eigenvalue weighted by molar-refractivity contribution is 1.18. The summed E-state index contributed by atoms with van der Waals surface area (Å²) in [4.78, 5) is 10.4. The van der Waals surface area contributed by atoms with Crippen LogP contribution >= 0.6 is 11.3 Å². The van der Waals surface area contributed by atoms with Gasteiger partial charge in [0.15, 0.2) is 5.82 Å². The van der Waals surface area contributed by atoms with Gasteiger partial charge in [0.1, 0.15) is 0 Å². The number of benzene rings is 7. The van der Waals surface area contributed by atoms with E-state index in [1.807, 2.05) is 18.2 Å². The van der Waals surface area contributed by atoms with E-state index in [4.69, 9.17) is 9.97 Å². The molecular formula is C46H29N3S. The molecule has 3 heterocycles. The zero-order valence-corrected chi connectivity index (χ0v) is 27.8. The third kappa shape index (κ3) is 4.57. The van der Waals surface area contributed by atoms with Crippen molar-refractivity contribution in [3.63, 3.8) is 0 Å². The van der Waals surface area contributed by atoms with Gasteiger partial charge in [0.25, 0.3) is 0 Å². The smallest absolute Gasteiger partial charge is 0.160 e. The van der Waals surface area contributed by atoms with Crippen molar-refractivity contribution < 1.29 is 0 Å². The predicted molar refractivity (Wildman–Crippen MR) is 211 cm³/mol. The highest BCUT2D eigenvalue weighted by Crippen LogP contribution is 2.44. The van der Waals surface area contributed by atoms with Crippen LogP contribution in [0.25, 0.3) is 92.7 Å². The highest BCUT2D eigenvalue weighted by molar-refractivity contribution is 7.26. The lowest BCUT2D eigenvalue weighted by atomic mass is 9.96. The van der Waals surface area contributed by atoms with Gasteiger partial charge in [-0.1, -0.05) is 152 Å². The van der Waals surface area contributed by atoms with Crippen molar-refractivity contribution in [2.24, 2.45) is 0 Å². The van der Waals surface area contributed by atoms with Gasteiger partial charge in [-0.05, 0) is 41.0 Å². The van der Waals surface area contributed by atoms with Gasteiger partial charge in [-0.2, -0.15) is 0 Å². The van der Waals surface area contributed by atoms with Crippen LogP contribution in [-0.2, 0) is 0 Å². The molecule has 4 heteroatoms. The summed E-state index contributed by atoms with van der Waals surface area (Å²) in [5.74, 6) is 0.740. The fraction of sp³-hybridized carbons (Fsp3) is 0. The van der Waals surface area contributed by atoms with E-state index in [2.05, 4.69) is 162 Å². The Morgan fingerprint density at radius 1 is 0.440 bits per heavy atom. The van der Waals surface area contributed by atoms with E-state index in [1.54, 1.807) is 11.3 Å². The summed E-state index contributed by atoms with van der Waals surface area (Å²) in [5, 5.41) is 3.68. The molecule has 0 aliphatic rings. The number of nitrogens with zero attached hydrogens (tertiary/aromatic N) is 3. The molecule has 10 rings (SSSR count). The topological polar surface area (TPSA) is 30.7 Å². The Labute approximate surface area is 293 Å². The van der Waals surface area contributed by atoms with Gasteiger partial charge in [-0.25, -0.2) is 9.97 Å². The van der Waals surface area contributed by atoms with Crippen LogP contribution in [0.2, 0.25) is 0 Å². The first-order chi connectivity index (χ1) is 24.8. The fourth-order valence-corrected chi connectivity index (χ4v) is 8.54. The number of hydrogen-bond acceptors (Lipinski definition) is 3. The van der Waals surface area contributed by atoms with E-state index in [9.17, 15) is 0 Å². The first-order valence-corrected chi connectivity index (χ1v) is 17.7. The van der Waals surface area contributed by atoms with E-state index < -0.39 is 0 Å². The van der Waals surface area contributed by atoms with Crippen molar-refractivity contribution >= 4 is 53.4 Å². The van der Waals surface area contributed by atoms with Gasteiger partial charge in [0.05, 0.1) is 26.9 Å². The molecule has 0 saturated carbocycles. The summed E-state index contributed by atoms with van der Waals surface area (Å²) >= 11 is 1.77. The van der Waals surface area contributed by atoms with E-state index in [-0.39, 0.29) is 0 Å². The number of hydrogen-bond donors (Lipinski definition) is 0. The Morgan fingerprint density at radius 2 is 1.04 bits per heavy atom. The zero-order valence-electron chi connectivity index (χ0n) is 27.0. The molecule has 0 atom stereocenters. The van der Waals surface area contributed by atoms with Gasteiger partial charge in [-0.3, -0.25) is 0 Å². The van der Waals surface area contributed by atoms with E-state index >= 15 is 0 Å². The molecule has 0 N–H and O–H groups in total. The summed E-state index contributed by atoms with van der Waals surface area (Å²) in [7, 11) is 0. The van der Waals surface area contributed by atoms with Crippen LogP contribution in [0.4, 0.5) is 0 Å². The second kappa shape index (κ2) is 11.7. The van der Waals surface area contributed by atoms with Gasteiger partial charge in [0, 0.05) is 43.2 Å². The molecule has 0 bridgehead atoms. The van der Waals surface area contributed by atoms with Crippen LogP contribution in [-0.4, -0.2) is 14.5 Å². The molecule has 10 aromatic rings. The minimum atomic E-state index is 0.740. The van der Waals surface area contributed by atoms with Crippen LogP contribution in [0.1, 0.15) is 0 Å². The lowest BCUT2D eigenvalue weighted by Crippen LogP contribution is -1.95. The van der Waals surface area contributed by atoms with Crippen molar-refractivity contribution in [3.8, 4) is 50.6 Å². The van der Waals surface area contributed by atoms with Crippen LogP contribution in [0.5, 0.6) is 0 Å². The van der Waals surface area contributed by atoms with Crippen LogP contribution in [0.15, 0.2) is 176 Å². The lowest BCUT2D eigenvalue weighted by Gasteiger charge is -2.12. The molecule has 0 saturated heterocycles. The van der Waals surface area contributed by atoms with Gasteiger partial charge in [-0.15, -0.1) is 11.3 Å². The first-order valence-electron chi connectivity index (χ1n) is 16.8. The second-order valence-corrected chi connectivity index (χ2v) is 13.6. The molecule has 3 aromatic heterocycles. The molecule has 0 spiro atoms. The number of thiophene rings is 1. The molecule has 0 aliphatic carbocycles. The maximum absolute atomic E-state index is 5.26. The summed E-state index contributed by atoms with van der Waals surface area (Å²) in [5.41, 5.74) is 12.4. The SMILES string of the molecule is c1ccc(-c2nc(-c3ccccc3)c3sc4cccc(-c5ccc(-c6cccc7c8ccccc8n(-c8ccccc8)c67)cc5)c4c3n2)cc1. The Balaban J connectivity index is 1.16. The molecule has 0 fully saturated rings. The standard InChI is InChI=1S/C46H29N3S/c1-4-14-32(15-5-1)42-45-43(48-46(47-42)33-16-6-2-7-17-33)41-35(21-13-25-40(41)50-45)30-26-28-31(29-27-30)36-22-12-23-38-37-20-10-11-24-39(37)49(44(36)38)34-18-8-3-9-19-34/h1-29H. The van der Waals surface area contributed by atoms with Crippen LogP contribution in [0.3, 0.4) is 0 Å². The minimum absolute atomic E-state index is 0.740. The van der Waals surface area contributed by atoms with Crippen molar-refractivity contribution in [2.45, 2.75) is 0 Å². The van der Waals surface area contributed by atoms with E-state index in [0.717, 1.165) is 44.1 Å². The second-order valence-electron chi connectivity index (χ2n) is 12.6. The Morgan fingerprint density at radius 3 is 1.80 bits per heavy atom. The number of fused-ring (bicyclic) bond motifs is 6. The molecular weight excluding hydrogens is 627 g/mol. The molecule has 50 heavy (non-hydrogen) atoms. The van der Waals surface area contributed by atoms with Gasteiger partial charge < -0.3 is 4.57 Å². The van der Waals surface area contributed by atoms with Gasteiger partial charge >= 0.3 is 0 Å². The summed E-state index contributed by atoms with van der Waals surface area (Å²) in [6.07, 6.45) is 0. The average molecular weight is 656 g/mol. The summed E-state index contributed by atoms with van der Waals surface area (Å²) < 4.78 is 4.71. The van der Waals surface area contributed by atoms with E-state index in [0.29, 0.717) is 0 Å². The zero-order chi connectivity index (χ0) is 33.0. The average Bonchev–Trinajstić information content (AvgIpc) is 3.75. The summed E-state index contributed by atoms with van der Waals surface area (Å²) in [6, 6.07) is 62.5. The number of para-hydroxylation sites is 3. The third-order valence-corrected chi connectivity index (χ3v) is 10.8. The first kappa shape index (κ1) is 28.6. The predicted octanol–water partition coefficient (Wildman–Crippen LogP) is 12.6. The van der Waals surface area contributed by atoms with Crippen LogP contribution < -0.4 is 0 Å². The molecule has 0 amide bonds. The largest absolute Gasteiger partial charge is 0.309 e. The highest BCUT2D eigenvalue weighted by atomic mass is 32.1. The van der Waals surface area contributed by atoms with Crippen molar-refractivity contribution in [3.05, 3.63) is 176 Å². The maximum atomic E-state index is 5.26. The van der Waals surface area contributed by atoms with Crippen molar-refractivity contribution in [1.29, 1.82) is 0 Å². The van der Waals surface area contributed by atoms with Crippen molar-refractivity contribution in [1.82, 2.24) is 14.5 Å². The quantitative estimate of drug-likeness (QED) is 0.185. The summed E-state index contributed by atoms with van der Waals surface area (Å²) in [6.45, 7) is 0. The fourth-order valence-electron chi connectivity index (χ4n) is 7.36. The van der Waals surface area contributed by atoms with E-state index in [1.165, 1.54) is 48.6 Å². The van der Waals surface area contributed by atoms with Gasteiger partial charge in [0.2, 0.25) is 0 Å². The van der Waals surface area contributed by atoms with Crippen molar-refractivity contribution in [2.75, 3.05) is 0 Å². The monoisotopic (exact) mass is 655 g/mol. The number of aromatic nitrogens is 3. The molecule has 3 nitrogen and oxygen atoms in total. The molecule has 0 radical (unpaired) electrons. The minimum Gasteiger partial charge on any atom is -0.309 e. The normalized spacial score (nSPS) is 11.6. The molecule has 234 valence electrons. The Hall–Kier alpha value is -6.36. The Bertz CT molecular complexity index is 2840. The Kier molecular flexibility index (Phi) is 6.68. The maximum Gasteiger partial charge on any atom is 0.160 e.